The van der Waals surface area contributed by atoms with Crippen molar-refractivity contribution >= 4 is 33.5 Å². The lowest BCUT2D eigenvalue weighted by atomic mass is 10.1. The monoisotopic (exact) mass is 346 g/mol. The summed E-state index contributed by atoms with van der Waals surface area (Å²) >= 11 is 3.04. The molecule has 1 aromatic carbocycles. The molecule has 0 aliphatic rings. The van der Waals surface area contributed by atoms with Crippen LogP contribution in [0.15, 0.2) is 16.6 Å². The minimum absolute atomic E-state index is 0.0625. The van der Waals surface area contributed by atoms with Gasteiger partial charge in [-0.25, -0.2) is 9.18 Å². The number of carbonyl (C=O) groups is 2. The zero-order valence-corrected chi connectivity index (χ0v) is 13.0. The van der Waals surface area contributed by atoms with Crippen molar-refractivity contribution in [2.75, 3.05) is 12.3 Å². The first-order valence-corrected chi connectivity index (χ1v) is 6.62. The molecule has 0 aromatic heterocycles. The van der Waals surface area contributed by atoms with Gasteiger partial charge in [-0.05, 0) is 48.8 Å². The second-order valence-corrected chi connectivity index (χ2v) is 6.08. The average Bonchev–Trinajstić information content (AvgIpc) is 2.28. The van der Waals surface area contributed by atoms with Crippen molar-refractivity contribution in [2.24, 2.45) is 0 Å². The third kappa shape index (κ3) is 4.80. The van der Waals surface area contributed by atoms with E-state index in [1.165, 1.54) is 0 Å². The van der Waals surface area contributed by atoms with E-state index in [0.717, 1.165) is 12.1 Å². The molecule has 0 saturated heterocycles. The van der Waals surface area contributed by atoms with Crippen LogP contribution in [0.3, 0.4) is 0 Å². The molecule has 0 radical (unpaired) electrons. The van der Waals surface area contributed by atoms with Gasteiger partial charge in [0.15, 0.2) is 6.61 Å². The molecule has 1 rings (SSSR count). The Hall–Kier alpha value is -1.63. The number of benzene rings is 1. The van der Waals surface area contributed by atoms with Crippen LogP contribution in [0.1, 0.15) is 31.1 Å². The Balaban J connectivity index is 2.69. The van der Waals surface area contributed by atoms with Crippen molar-refractivity contribution < 1.29 is 18.7 Å². The van der Waals surface area contributed by atoms with Crippen LogP contribution < -0.4 is 11.1 Å². The van der Waals surface area contributed by atoms with Crippen molar-refractivity contribution in [3.05, 3.63) is 28.0 Å². The highest BCUT2D eigenvalue weighted by atomic mass is 79.9. The fourth-order valence-corrected chi connectivity index (χ4v) is 1.86. The maximum atomic E-state index is 13.2. The number of nitrogens with one attached hydrogen (secondary N) is 1. The molecule has 0 bridgehead atoms. The van der Waals surface area contributed by atoms with E-state index in [0.29, 0.717) is 0 Å². The van der Waals surface area contributed by atoms with Crippen LogP contribution in [0.4, 0.5) is 10.1 Å². The highest BCUT2D eigenvalue weighted by Gasteiger charge is 2.18. The first-order valence-electron chi connectivity index (χ1n) is 5.83. The van der Waals surface area contributed by atoms with E-state index in [9.17, 15) is 14.0 Å². The Morgan fingerprint density at radius 1 is 1.40 bits per heavy atom. The first kappa shape index (κ1) is 16.4. The minimum atomic E-state index is -0.757. The zero-order chi connectivity index (χ0) is 15.5. The second-order valence-electron chi connectivity index (χ2n) is 5.23. The van der Waals surface area contributed by atoms with Gasteiger partial charge in [0.25, 0.3) is 5.91 Å². The molecule has 1 aromatic rings. The lowest BCUT2D eigenvalue weighted by Gasteiger charge is -2.20. The van der Waals surface area contributed by atoms with Crippen molar-refractivity contribution in [3.8, 4) is 0 Å². The summed E-state index contributed by atoms with van der Waals surface area (Å²) in [4.78, 5) is 23.3. The zero-order valence-electron chi connectivity index (χ0n) is 11.4. The molecule has 7 heteroatoms. The SMILES string of the molecule is CC(C)(C)NC(=O)COC(=O)c1cc(N)c(F)cc1Br. The molecule has 0 heterocycles. The molecular formula is C13H16BrFN2O3. The number of nitrogen functional groups attached to an aromatic ring is 1. The molecule has 0 atom stereocenters. The van der Waals surface area contributed by atoms with E-state index < -0.39 is 29.8 Å². The van der Waals surface area contributed by atoms with Gasteiger partial charge >= 0.3 is 5.97 Å². The third-order valence-electron chi connectivity index (χ3n) is 2.16. The topological polar surface area (TPSA) is 81.4 Å². The van der Waals surface area contributed by atoms with Gasteiger partial charge in [-0.1, -0.05) is 0 Å². The molecule has 0 fully saturated rings. The van der Waals surface area contributed by atoms with Gasteiger partial charge in [-0.3, -0.25) is 4.79 Å². The minimum Gasteiger partial charge on any atom is -0.452 e. The number of carbonyl (C=O) groups excluding carboxylic acids is 2. The summed E-state index contributed by atoms with van der Waals surface area (Å²) in [5.41, 5.74) is 4.87. The maximum Gasteiger partial charge on any atom is 0.339 e. The Morgan fingerprint density at radius 2 is 2.00 bits per heavy atom. The van der Waals surface area contributed by atoms with Crippen molar-refractivity contribution in [3.63, 3.8) is 0 Å². The molecular weight excluding hydrogens is 331 g/mol. The lowest BCUT2D eigenvalue weighted by molar-refractivity contribution is -0.125. The fourth-order valence-electron chi connectivity index (χ4n) is 1.39. The summed E-state index contributed by atoms with van der Waals surface area (Å²) in [6, 6.07) is 2.23. The maximum absolute atomic E-state index is 13.2. The van der Waals surface area contributed by atoms with E-state index in [-0.39, 0.29) is 15.7 Å². The van der Waals surface area contributed by atoms with Gasteiger partial charge in [-0.15, -0.1) is 0 Å². The number of hydrogen-bond donors (Lipinski definition) is 2. The molecule has 0 saturated carbocycles. The van der Waals surface area contributed by atoms with Crippen LogP contribution >= 0.6 is 15.9 Å². The predicted octanol–water partition coefficient (Wildman–Crippen LogP) is 2.24. The van der Waals surface area contributed by atoms with Gasteiger partial charge in [0.2, 0.25) is 0 Å². The standard InChI is InChI=1S/C13H16BrFN2O3/c1-13(2,3)17-11(18)6-20-12(19)7-4-10(16)9(15)5-8(7)14/h4-5H,6,16H2,1-3H3,(H,17,18). The molecule has 20 heavy (non-hydrogen) atoms. The molecule has 110 valence electrons. The summed E-state index contributed by atoms with van der Waals surface area (Å²) in [5, 5.41) is 2.65. The summed E-state index contributed by atoms with van der Waals surface area (Å²) in [5.74, 6) is -1.82. The van der Waals surface area contributed by atoms with Gasteiger partial charge in [0, 0.05) is 10.0 Å². The number of ether oxygens (including phenoxy) is 1. The van der Waals surface area contributed by atoms with Crippen LogP contribution in [-0.4, -0.2) is 24.0 Å². The van der Waals surface area contributed by atoms with Crippen LogP contribution in [0, 0.1) is 5.82 Å². The Morgan fingerprint density at radius 3 is 2.55 bits per heavy atom. The van der Waals surface area contributed by atoms with Crippen LogP contribution in [0.25, 0.3) is 0 Å². The molecule has 3 N–H and O–H groups in total. The van der Waals surface area contributed by atoms with Gasteiger partial charge in [0.05, 0.1) is 11.3 Å². The molecule has 0 unspecified atom stereocenters. The van der Waals surface area contributed by atoms with Gasteiger partial charge in [0.1, 0.15) is 5.82 Å². The summed E-state index contributed by atoms with van der Waals surface area (Å²) in [7, 11) is 0. The number of rotatable bonds is 3. The van der Waals surface area contributed by atoms with Gasteiger partial charge in [-0.2, -0.15) is 0 Å². The normalized spacial score (nSPS) is 11.1. The van der Waals surface area contributed by atoms with Crippen LogP contribution in [0.5, 0.6) is 0 Å². The number of anilines is 1. The number of hydrogen-bond acceptors (Lipinski definition) is 4. The van der Waals surface area contributed by atoms with E-state index in [2.05, 4.69) is 21.2 Å². The quantitative estimate of drug-likeness (QED) is 0.649. The smallest absolute Gasteiger partial charge is 0.339 e. The van der Waals surface area contributed by atoms with E-state index >= 15 is 0 Å². The average molecular weight is 347 g/mol. The highest BCUT2D eigenvalue weighted by Crippen LogP contribution is 2.23. The van der Waals surface area contributed by atoms with Crippen molar-refractivity contribution in [2.45, 2.75) is 26.3 Å². The molecule has 0 spiro atoms. The molecule has 0 aliphatic carbocycles. The third-order valence-corrected chi connectivity index (χ3v) is 2.81. The molecule has 5 nitrogen and oxygen atoms in total. The van der Waals surface area contributed by atoms with Crippen molar-refractivity contribution in [1.82, 2.24) is 5.32 Å². The Labute approximate surface area is 124 Å². The second kappa shape index (κ2) is 6.21. The highest BCUT2D eigenvalue weighted by molar-refractivity contribution is 9.10. The molecule has 0 aliphatic heterocycles. The lowest BCUT2D eigenvalue weighted by Crippen LogP contribution is -2.42. The predicted molar refractivity (Wildman–Crippen MR) is 76.7 cm³/mol. The number of halogens is 2. The van der Waals surface area contributed by atoms with E-state index in [1.54, 1.807) is 0 Å². The summed E-state index contributed by atoms with van der Waals surface area (Å²) in [6.07, 6.45) is 0. The Bertz CT molecular complexity index is 541. The van der Waals surface area contributed by atoms with Gasteiger partial charge < -0.3 is 15.8 Å². The first-order chi connectivity index (χ1) is 9.10. The number of esters is 1. The Kier molecular flexibility index (Phi) is 5.10. The number of nitrogens with two attached hydrogens (primary N) is 1. The van der Waals surface area contributed by atoms with Crippen LogP contribution in [0.2, 0.25) is 0 Å². The number of amides is 1. The van der Waals surface area contributed by atoms with E-state index in [1.807, 2.05) is 20.8 Å². The van der Waals surface area contributed by atoms with E-state index in [4.69, 9.17) is 10.5 Å². The van der Waals surface area contributed by atoms with Crippen molar-refractivity contribution in [1.29, 1.82) is 0 Å². The summed E-state index contributed by atoms with van der Waals surface area (Å²) < 4.78 is 18.2. The van der Waals surface area contributed by atoms with Crippen LogP contribution in [-0.2, 0) is 9.53 Å². The summed E-state index contributed by atoms with van der Waals surface area (Å²) in [6.45, 7) is 5.01. The molecule has 1 amide bonds. The largest absolute Gasteiger partial charge is 0.452 e. The fraction of sp³-hybridized carbons (Fsp3) is 0.385.